The summed E-state index contributed by atoms with van der Waals surface area (Å²) >= 11 is 1.98. The van der Waals surface area contributed by atoms with Gasteiger partial charge < -0.3 is 4.74 Å². The van der Waals surface area contributed by atoms with Crippen molar-refractivity contribution in [3.63, 3.8) is 0 Å². The van der Waals surface area contributed by atoms with E-state index >= 15 is 0 Å². The Morgan fingerprint density at radius 2 is 1.84 bits per heavy atom. The van der Waals surface area contributed by atoms with E-state index in [2.05, 4.69) is 11.9 Å². The van der Waals surface area contributed by atoms with E-state index in [4.69, 9.17) is 4.74 Å². The number of rotatable bonds is 4. The number of nitrogens with zero attached hydrogens (tertiary/aromatic N) is 1. The van der Waals surface area contributed by atoms with Crippen LogP contribution in [0.3, 0.4) is 0 Å². The maximum absolute atomic E-state index is 12.0. The molecule has 0 amide bonds. The quantitative estimate of drug-likeness (QED) is 0.742. The molecule has 1 aliphatic carbocycles. The van der Waals surface area contributed by atoms with Gasteiger partial charge in [0.05, 0.1) is 6.54 Å². The van der Waals surface area contributed by atoms with Gasteiger partial charge in [-0.3, -0.25) is 9.69 Å². The van der Waals surface area contributed by atoms with Crippen molar-refractivity contribution >= 4 is 17.7 Å². The summed E-state index contributed by atoms with van der Waals surface area (Å²) in [6, 6.07) is 0.565. The molecule has 110 valence electrons. The molecule has 1 atom stereocenters. The van der Waals surface area contributed by atoms with Gasteiger partial charge in [0.1, 0.15) is 6.10 Å². The molecule has 0 radical (unpaired) electrons. The molecule has 2 aliphatic rings. The van der Waals surface area contributed by atoms with Crippen LogP contribution >= 0.6 is 11.8 Å². The molecule has 0 N–H and O–H groups in total. The average Bonchev–Trinajstić information content (AvgIpc) is 2.86. The molecule has 19 heavy (non-hydrogen) atoms. The zero-order chi connectivity index (χ0) is 13.5. The fourth-order valence-electron chi connectivity index (χ4n) is 2.96. The van der Waals surface area contributed by atoms with Crippen molar-refractivity contribution in [1.82, 2.24) is 4.90 Å². The van der Waals surface area contributed by atoms with E-state index in [9.17, 15) is 4.79 Å². The normalized spacial score (nSPS) is 26.1. The van der Waals surface area contributed by atoms with Gasteiger partial charge in [0.15, 0.2) is 0 Å². The van der Waals surface area contributed by atoms with Crippen LogP contribution in [-0.4, -0.2) is 48.1 Å². The first-order valence-corrected chi connectivity index (χ1v) is 8.88. The monoisotopic (exact) mass is 285 g/mol. The number of thioether (sulfide) groups is 1. The Hall–Kier alpha value is -0.220. The summed E-state index contributed by atoms with van der Waals surface area (Å²) in [6.07, 6.45) is 9.89. The molecule has 0 aromatic rings. The molecule has 0 aromatic carbocycles. The van der Waals surface area contributed by atoms with Crippen molar-refractivity contribution < 1.29 is 9.53 Å². The van der Waals surface area contributed by atoms with Crippen LogP contribution in [0.2, 0.25) is 0 Å². The number of ether oxygens (including phenoxy) is 1. The topological polar surface area (TPSA) is 29.5 Å². The second kappa shape index (κ2) is 8.15. The lowest BCUT2D eigenvalue weighted by Crippen LogP contribution is -2.37. The molecule has 1 heterocycles. The molecule has 0 aromatic heterocycles. The zero-order valence-electron chi connectivity index (χ0n) is 12.1. The molecule has 1 aliphatic heterocycles. The van der Waals surface area contributed by atoms with Crippen LogP contribution in [-0.2, 0) is 9.53 Å². The second-order valence-corrected chi connectivity index (χ2v) is 7.04. The molecule has 1 saturated heterocycles. The first-order valence-electron chi connectivity index (χ1n) is 7.73. The Morgan fingerprint density at radius 1 is 1.16 bits per heavy atom. The van der Waals surface area contributed by atoms with Gasteiger partial charge in [-0.2, -0.15) is 11.8 Å². The number of hydrogen-bond acceptors (Lipinski definition) is 4. The van der Waals surface area contributed by atoms with Crippen molar-refractivity contribution in [1.29, 1.82) is 0 Å². The summed E-state index contributed by atoms with van der Waals surface area (Å²) in [5.41, 5.74) is 0. The smallest absolute Gasteiger partial charge is 0.320 e. The number of likely N-dealkylation sites (N-methyl/N-ethyl adjacent to an activating group) is 1. The van der Waals surface area contributed by atoms with E-state index in [1.54, 1.807) is 0 Å². The molecule has 4 heteroatoms. The maximum atomic E-state index is 12.0. The Kier molecular flexibility index (Phi) is 6.51. The minimum absolute atomic E-state index is 0.0232. The molecular formula is C15H27NO2S. The Labute approximate surface area is 121 Å². The number of carbonyl (C=O) groups excluding carboxylic acids is 1. The van der Waals surface area contributed by atoms with Crippen LogP contribution < -0.4 is 0 Å². The molecular weight excluding hydrogens is 258 g/mol. The fourth-order valence-corrected chi connectivity index (χ4v) is 4.26. The van der Waals surface area contributed by atoms with Gasteiger partial charge in [0, 0.05) is 11.8 Å². The molecule has 0 unspecified atom stereocenters. The minimum atomic E-state index is -0.0232. The Morgan fingerprint density at radius 3 is 2.47 bits per heavy atom. The number of esters is 1. The minimum Gasteiger partial charge on any atom is -0.461 e. The lowest BCUT2D eigenvalue weighted by Gasteiger charge is -2.25. The number of hydrogen-bond donors (Lipinski definition) is 0. The summed E-state index contributed by atoms with van der Waals surface area (Å²) < 4.78 is 5.67. The molecule has 0 bridgehead atoms. The molecule has 0 spiro atoms. The third-order valence-corrected chi connectivity index (χ3v) is 5.40. The highest BCUT2D eigenvalue weighted by Gasteiger charge is 2.23. The van der Waals surface area contributed by atoms with Crippen LogP contribution in [0, 0.1) is 0 Å². The number of carbonyl (C=O) groups is 1. The summed E-state index contributed by atoms with van der Waals surface area (Å²) in [5, 5.41) is 0. The van der Waals surface area contributed by atoms with Gasteiger partial charge in [-0.05, 0) is 44.9 Å². The van der Waals surface area contributed by atoms with Crippen molar-refractivity contribution in [3.8, 4) is 0 Å². The van der Waals surface area contributed by atoms with Crippen molar-refractivity contribution in [2.24, 2.45) is 0 Å². The highest BCUT2D eigenvalue weighted by molar-refractivity contribution is 7.99. The van der Waals surface area contributed by atoms with Crippen molar-refractivity contribution in [3.05, 3.63) is 0 Å². The van der Waals surface area contributed by atoms with Crippen molar-refractivity contribution in [2.45, 2.75) is 63.5 Å². The third kappa shape index (κ3) is 5.35. The van der Waals surface area contributed by atoms with Crippen LogP contribution in [0.1, 0.15) is 51.4 Å². The standard InChI is InChI=1S/C15H27NO2S/c1-16(13-9-10-19-12-13)11-15(17)18-14-7-5-3-2-4-6-8-14/h13-14H,2-12H2,1H3/t13-/m1/s1. The fraction of sp³-hybridized carbons (Fsp3) is 0.933. The van der Waals surface area contributed by atoms with E-state index < -0.39 is 0 Å². The second-order valence-electron chi connectivity index (χ2n) is 5.89. The Balaban J connectivity index is 1.69. The van der Waals surface area contributed by atoms with Gasteiger partial charge in [-0.15, -0.1) is 0 Å². The predicted octanol–water partition coefficient (Wildman–Crippen LogP) is 3.08. The predicted molar refractivity (Wildman–Crippen MR) is 80.6 cm³/mol. The maximum Gasteiger partial charge on any atom is 0.320 e. The first-order chi connectivity index (χ1) is 9.25. The highest BCUT2D eigenvalue weighted by Crippen LogP contribution is 2.22. The van der Waals surface area contributed by atoms with E-state index in [1.807, 2.05) is 11.8 Å². The molecule has 3 nitrogen and oxygen atoms in total. The van der Waals surface area contributed by atoms with Gasteiger partial charge in [0.2, 0.25) is 0 Å². The first kappa shape index (κ1) is 15.2. The van der Waals surface area contributed by atoms with Crippen LogP contribution in [0.5, 0.6) is 0 Å². The van der Waals surface area contributed by atoms with Crippen molar-refractivity contribution in [2.75, 3.05) is 25.1 Å². The largest absolute Gasteiger partial charge is 0.461 e. The molecule has 1 saturated carbocycles. The summed E-state index contributed by atoms with van der Waals surface area (Å²) in [5.74, 6) is 2.37. The zero-order valence-corrected chi connectivity index (χ0v) is 12.9. The average molecular weight is 285 g/mol. The van der Waals surface area contributed by atoms with E-state index in [0.29, 0.717) is 12.6 Å². The van der Waals surface area contributed by atoms with E-state index in [0.717, 1.165) is 18.6 Å². The van der Waals surface area contributed by atoms with Gasteiger partial charge in [0.25, 0.3) is 0 Å². The third-order valence-electron chi connectivity index (χ3n) is 4.26. The summed E-state index contributed by atoms with van der Waals surface area (Å²) in [7, 11) is 2.05. The molecule has 2 rings (SSSR count). The SMILES string of the molecule is CN(CC(=O)OC1CCCCCCC1)[C@@H]1CCSC1. The Bertz CT molecular complexity index is 271. The van der Waals surface area contributed by atoms with E-state index in [-0.39, 0.29) is 12.1 Å². The van der Waals surface area contributed by atoms with Crippen LogP contribution in [0.25, 0.3) is 0 Å². The molecule has 2 fully saturated rings. The van der Waals surface area contributed by atoms with Crippen LogP contribution in [0.4, 0.5) is 0 Å². The van der Waals surface area contributed by atoms with Gasteiger partial charge >= 0.3 is 5.97 Å². The lowest BCUT2D eigenvalue weighted by molar-refractivity contribution is -0.151. The van der Waals surface area contributed by atoms with Crippen LogP contribution in [0.15, 0.2) is 0 Å². The van der Waals surface area contributed by atoms with Gasteiger partial charge in [-0.1, -0.05) is 19.3 Å². The van der Waals surface area contributed by atoms with Gasteiger partial charge in [-0.25, -0.2) is 0 Å². The summed E-state index contributed by atoms with van der Waals surface area (Å²) in [6.45, 7) is 0.460. The highest BCUT2D eigenvalue weighted by atomic mass is 32.2. The lowest BCUT2D eigenvalue weighted by atomic mass is 9.99. The van der Waals surface area contributed by atoms with E-state index in [1.165, 1.54) is 44.3 Å². The summed E-state index contributed by atoms with van der Waals surface area (Å²) in [4.78, 5) is 14.2.